The molecule has 1 aromatic heterocycles. The van der Waals surface area contributed by atoms with Crippen LogP contribution in [0.1, 0.15) is 33.4 Å². The van der Waals surface area contributed by atoms with E-state index in [9.17, 15) is 54.2 Å². The summed E-state index contributed by atoms with van der Waals surface area (Å²) in [5.41, 5.74) is 4.47. The second-order valence-corrected chi connectivity index (χ2v) is 11.4. The monoisotopic (exact) mass is 661 g/mol. The Bertz CT molecular complexity index is 1300. The van der Waals surface area contributed by atoms with Crippen molar-refractivity contribution in [2.45, 2.75) is 87.9 Å². The van der Waals surface area contributed by atoms with Gasteiger partial charge in [0.25, 0.3) is 13.6 Å². The standard InChI is InChI=1S/C22H34N5O15P.Na/c1-8(28)14(24-9(2)29)18-15(25-10(3)30)11(31)6-22(41-18,20(34)35)42-43(37,38)39-7-12-16(32)17(33)19(40-12)27-5-4-13(23)26-21(27)36;/h4-5,8,11-12,14-19,28,31-33H,6-7H2,1-3H3,(H,24,29)(H,25,30)(H,34,35)(H,37,38)(H2,23,26,36);/q;+1/p-1. The number of carboxylic acids is 1. The first-order valence-electron chi connectivity index (χ1n) is 12.7. The van der Waals surface area contributed by atoms with Crippen LogP contribution in [-0.2, 0) is 37.5 Å². The molecule has 2 aliphatic heterocycles. The topological polar surface area (TPSA) is 314 Å². The number of anilines is 1. The van der Waals surface area contributed by atoms with Crippen molar-refractivity contribution in [3.63, 3.8) is 0 Å². The molecule has 0 aliphatic carbocycles. The molecule has 0 saturated carbocycles. The molecule has 3 rings (SSSR count). The Morgan fingerprint density at radius 2 is 1.91 bits per heavy atom. The summed E-state index contributed by atoms with van der Waals surface area (Å²) in [6.07, 6.45) is -11.7. The number of nitrogens with two attached hydrogens (primary N) is 1. The fourth-order valence-electron chi connectivity index (χ4n) is 4.71. The summed E-state index contributed by atoms with van der Waals surface area (Å²) < 4.78 is 34.0. The second-order valence-electron chi connectivity index (χ2n) is 10.0. The van der Waals surface area contributed by atoms with Crippen molar-refractivity contribution < 1.29 is 97.5 Å². The molecule has 22 heteroatoms. The SMILES string of the molecule is CC(=O)NC(C(C)O)C1OC(OP(=O)([O-])OCC2OC(n3ccc(N)nc3=O)C(O)C2O)(C(=O)O)CC(O)C1NC(C)=O.[Na+]. The molecule has 2 saturated heterocycles. The van der Waals surface area contributed by atoms with Gasteiger partial charge in [0, 0.05) is 26.5 Å². The van der Waals surface area contributed by atoms with Crippen LogP contribution in [0.5, 0.6) is 0 Å². The Balaban J connectivity index is 0.00000675. The van der Waals surface area contributed by atoms with Gasteiger partial charge in [0.1, 0.15) is 30.2 Å². The number of aliphatic hydroxyl groups excluding tert-OH is 4. The van der Waals surface area contributed by atoms with Crippen molar-refractivity contribution in [3.8, 4) is 0 Å². The first kappa shape index (κ1) is 38.1. The predicted octanol–water partition coefficient (Wildman–Crippen LogP) is -7.73. The van der Waals surface area contributed by atoms with Crippen LogP contribution < -0.4 is 56.5 Å². The Hall–Kier alpha value is -2.04. The van der Waals surface area contributed by atoms with Crippen LogP contribution in [0.25, 0.3) is 0 Å². The zero-order chi connectivity index (χ0) is 32.4. The number of amides is 2. The molecule has 3 heterocycles. The van der Waals surface area contributed by atoms with E-state index in [4.69, 9.17) is 24.3 Å². The van der Waals surface area contributed by atoms with Crippen LogP contribution in [0, 0.1) is 0 Å². The number of phosphoric ester groups is 1. The predicted molar refractivity (Wildman–Crippen MR) is 136 cm³/mol. The Morgan fingerprint density at radius 3 is 2.43 bits per heavy atom. The molecule has 2 aliphatic rings. The van der Waals surface area contributed by atoms with Crippen molar-refractivity contribution in [1.29, 1.82) is 0 Å². The molecule has 1 aromatic rings. The van der Waals surface area contributed by atoms with E-state index in [-0.39, 0.29) is 35.4 Å². The maximum Gasteiger partial charge on any atom is 1.00 e. The number of carbonyl (C=O) groups is 3. The van der Waals surface area contributed by atoms with Gasteiger partial charge in [-0.2, -0.15) is 4.98 Å². The van der Waals surface area contributed by atoms with E-state index in [1.165, 1.54) is 13.0 Å². The molecule has 11 unspecified atom stereocenters. The van der Waals surface area contributed by atoms with Gasteiger partial charge in [-0.25, -0.2) is 9.59 Å². The molecule has 0 aromatic carbocycles. The molecule has 0 spiro atoms. The Labute approximate surface area is 271 Å². The van der Waals surface area contributed by atoms with E-state index in [0.717, 1.165) is 24.6 Å². The van der Waals surface area contributed by atoms with Gasteiger partial charge in [0.15, 0.2) is 6.23 Å². The fraction of sp³-hybridized carbons (Fsp3) is 0.682. The molecule has 242 valence electrons. The first-order chi connectivity index (χ1) is 19.9. The minimum absolute atomic E-state index is 0. The second kappa shape index (κ2) is 15.0. The number of nitrogens with zero attached hydrogens (tertiary/aromatic N) is 2. The summed E-state index contributed by atoms with van der Waals surface area (Å²) in [5, 5.41) is 56.3. The molecule has 44 heavy (non-hydrogen) atoms. The zero-order valence-corrected chi connectivity index (χ0v) is 26.9. The molecule has 9 N–H and O–H groups in total. The summed E-state index contributed by atoms with van der Waals surface area (Å²) in [6.45, 7) is 2.26. The molecule has 2 fully saturated rings. The van der Waals surface area contributed by atoms with Crippen LogP contribution >= 0.6 is 7.82 Å². The third-order valence-electron chi connectivity index (χ3n) is 6.63. The number of carbonyl (C=O) groups excluding carboxylic acids is 2. The number of nitrogen functional groups attached to an aromatic ring is 1. The summed E-state index contributed by atoms with van der Waals surface area (Å²) in [4.78, 5) is 64.3. The number of ether oxygens (including phenoxy) is 2. The molecule has 11 atom stereocenters. The largest absolute Gasteiger partial charge is 1.00 e. The van der Waals surface area contributed by atoms with Gasteiger partial charge in [0.2, 0.25) is 11.8 Å². The van der Waals surface area contributed by atoms with Gasteiger partial charge in [-0.05, 0) is 13.0 Å². The smallest absolute Gasteiger partial charge is 0.756 e. The van der Waals surface area contributed by atoms with Crippen molar-refractivity contribution in [3.05, 3.63) is 22.7 Å². The third kappa shape index (κ3) is 8.81. The van der Waals surface area contributed by atoms with Crippen molar-refractivity contribution >= 4 is 31.4 Å². The van der Waals surface area contributed by atoms with Crippen LogP contribution in [0.2, 0.25) is 0 Å². The van der Waals surface area contributed by atoms with Gasteiger partial charge < -0.3 is 60.8 Å². The Kier molecular flexibility index (Phi) is 13.0. The Morgan fingerprint density at radius 1 is 1.27 bits per heavy atom. The minimum atomic E-state index is -5.74. The fourth-order valence-corrected chi connectivity index (χ4v) is 5.65. The van der Waals surface area contributed by atoms with Crippen molar-refractivity contribution in [1.82, 2.24) is 20.2 Å². The molecular weight excluding hydrogens is 628 g/mol. The molecule has 0 radical (unpaired) electrons. The summed E-state index contributed by atoms with van der Waals surface area (Å²) >= 11 is 0. The number of phosphoric acid groups is 1. The van der Waals surface area contributed by atoms with E-state index < -0.39 is 105 Å². The van der Waals surface area contributed by atoms with E-state index >= 15 is 0 Å². The first-order valence-corrected chi connectivity index (χ1v) is 14.2. The maximum absolute atomic E-state index is 12.8. The summed E-state index contributed by atoms with van der Waals surface area (Å²) in [5.74, 6) is -6.82. The van der Waals surface area contributed by atoms with E-state index in [1.807, 2.05) is 0 Å². The van der Waals surface area contributed by atoms with Gasteiger partial charge in [-0.15, -0.1) is 0 Å². The number of nitrogens with one attached hydrogen (secondary N) is 2. The number of rotatable bonds is 11. The van der Waals surface area contributed by atoms with E-state index in [1.54, 1.807) is 0 Å². The molecule has 20 nitrogen and oxygen atoms in total. The van der Waals surface area contributed by atoms with Crippen LogP contribution in [0.3, 0.4) is 0 Å². The maximum atomic E-state index is 12.8. The minimum Gasteiger partial charge on any atom is -0.756 e. The average molecular weight is 661 g/mol. The number of hydrogen-bond acceptors (Lipinski definition) is 16. The number of carboxylic acid groups (broad SMARTS) is 1. The zero-order valence-electron chi connectivity index (χ0n) is 24.0. The number of aliphatic hydroxyl groups is 4. The van der Waals surface area contributed by atoms with Gasteiger partial charge in [0.05, 0.1) is 30.9 Å². The summed E-state index contributed by atoms with van der Waals surface area (Å²) in [7, 11) is -5.74. The van der Waals surface area contributed by atoms with E-state index in [0.29, 0.717) is 0 Å². The normalized spacial score (nSPS) is 32.9. The van der Waals surface area contributed by atoms with Crippen molar-refractivity contribution in [2.24, 2.45) is 0 Å². The molecular formula is C22H33N5NaO15P. The van der Waals surface area contributed by atoms with Gasteiger partial charge in [-0.1, -0.05) is 0 Å². The van der Waals surface area contributed by atoms with Crippen LogP contribution in [0.15, 0.2) is 17.1 Å². The molecule has 0 bridgehead atoms. The van der Waals surface area contributed by atoms with Gasteiger partial charge >= 0.3 is 41.2 Å². The quantitative estimate of drug-likeness (QED) is 0.0806. The van der Waals surface area contributed by atoms with Gasteiger partial charge in [-0.3, -0.25) is 23.2 Å². The average Bonchev–Trinajstić information content (AvgIpc) is 3.15. The van der Waals surface area contributed by atoms with Crippen molar-refractivity contribution in [2.75, 3.05) is 12.3 Å². The number of aliphatic carboxylic acids is 1. The van der Waals surface area contributed by atoms with Crippen LogP contribution in [0.4, 0.5) is 5.82 Å². The summed E-state index contributed by atoms with van der Waals surface area (Å²) in [6, 6.07) is -1.72. The molecule has 2 amide bonds. The van der Waals surface area contributed by atoms with Crippen LogP contribution in [-0.4, -0.2) is 114 Å². The third-order valence-corrected chi connectivity index (χ3v) is 7.62. The van der Waals surface area contributed by atoms with E-state index in [2.05, 4.69) is 15.6 Å². The number of hydrogen-bond donors (Lipinski definition) is 8. The number of aromatic nitrogens is 2.